The quantitative estimate of drug-likeness (QED) is 0.813. The summed E-state index contributed by atoms with van der Waals surface area (Å²) in [5, 5.41) is 2.95. The molecule has 2 N–H and O–H groups in total. The van der Waals surface area contributed by atoms with E-state index in [0.717, 1.165) is 31.4 Å². The fourth-order valence-corrected chi connectivity index (χ4v) is 4.79. The highest BCUT2D eigenvalue weighted by molar-refractivity contribution is 7.88. The number of hydrogen-bond donors (Lipinski definition) is 2. The molecule has 2 bridgehead atoms. The molecule has 1 aliphatic heterocycles. The third-order valence-electron chi connectivity index (χ3n) is 5.13. The molecule has 1 saturated heterocycles. The molecule has 2 aliphatic rings. The molecule has 1 aromatic carbocycles. The van der Waals surface area contributed by atoms with E-state index in [2.05, 4.69) is 29.1 Å². The Bertz CT molecular complexity index is 718. The zero-order chi connectivity index (χ0) is 18.0. The zero-order valence-corrected chi connectivity index (χ0v) is 15.7. The molecule has 3 rings (SSSR count). The normalized spacial score (nSPS) is 25.4. The van der Waals surface area contributed by atoms with E-state index >= 15 is 0 Å². The lowest BCUT2D eigenvalue weighted by Gasteiger charge is -2.33. The number of unbranched alkanes of at least 4 members (excludes halogenated alkanes) is 1. The van der Waals surface area contributed by atoms with Gasteiger partial charge in [-0.05, 0) is 49.3 Å². The van der Waals surface area contributed by atoms with Crippen LogP contribution in [0.2, 0.25) is 0 Å². The van der Waals surface area contributed by atoms with E-state index in [-0.39, 0.29) is 18.1 Å². The van der Waals surface area contributed by atoms with E-state index in [9.17, 15) is 13.2 Å². The Kier molecular flexibility index (Phi) is 5.34. The van der Waals surface area contributed by atoms with Crippen LogP contribution >= 0.6 is 0 Å². The third kappa shape index (κ3) is 4.52. The van der Waals surface area contributed by atoms with Crippen LogP contribution in [-0.2, 0) is 16.4 Å². The van der Waals surface area contributed by atoms with E-state index in [1.165, 1.54) is 18.2 Å². The first-order valence-electron chi connectivity index (χ1n) is 8.99. The minimum Gasteiger partial charge on any atom is -0.320 e. The van der Waals surface area contributed by atoms with Gasteiger partial charge in [0.15, 0.2) is 0 Å². The SMILES string of the molecule is CCCCc1ccc(NC(=O)N2CC3CC(NS(C)(=O)=O)C2C3)cc1. The van der Waals surface area contributed by atoms with Crippen LogP contribution in [0.25, 0.3) is 0 Å². The van der Waals surface area contributed by atoms with E-state index in [4.69, 9.17) is 0 Å². The number of rotatable bonds is 6. The number of benzene rings is 1. The number of amides is 2. The van der Waals surface area contributed by atoms with Crippen molar-refractivity contribution in [3.05, 3.63) is 29.8 Å². The van der Waals surface area contributed by atoms with Crippen LogP contribution < -0.4 is 10.0 Å². The molecule has 0 aromatic heterocycles. The molecule has 1 aromatic rings. The molecule has 1 saturated carbocycles. The summed E-state index contributed by atoms with van der Waals surface area (Å²) >= 11 is 0. The van der Waals surface area contributed by atoms with Crippen LogP contribution in [0.5, 0.6) is 0 Å². The number of nitrogens with zero attached hydrogens (tertiary/aromatic N) is 1. The lowest BCUT2D eigenvalue weighted by atomic mass is 10.1. The molecule has 3 atom stereocenters. The third-order valence-corrected chi connectivity index (χ3v) is 5.86. The van der Waals surface area contributed by atoms with Crippen molar-refractivity contribution in [2.45, 2.75) is 51.1 Å². The fraction of sp³-hybridized carbons (Fsp3) is 0.611. The largest absolute Gasteiger partial charge is 0.322 e. The second-order valence-corrected chi connectivity index (χ2v) is 9.06. The highest BCUT2D eigenvalue weighted by Crippen LogP contribution is 2.38. The van der Waals surface area contributed by atoms with Crippen LogP contribution in [0.15, 0.2) is 24.3 Å². The van der Waals surface area contributed by atoms with Gasteiger partial charge in [0.1, 0.15) is 0 Å². The van der Waals surface area contributed by atoms with Crippen molar-refractivity contribution in [2.24, 2.45) is 5.92 Å². The molecule has 3 unspecified atom stereocenters. The highest BCUT2D eigenvalue weighted by Gasteiger charge is 2.47. The van der Waals surface area contributed by atoms with Gasteiger partial charge in [-0.25, -0.2) is 17.9 Å². The summed E-state index contributed by atoms with van der Waals surface area (Å²) in [6.45, 7) is 2.87. The average Bonchev–Trinajstić information content (AvgIpc) is 3.12. The van der Waals surface area contributed by atoms with Crippen LogP contribution in [-0.4, -0.2) is 44.2 Å². The number of anilines is 1. The Balaban J connectivity index is 1.60. The Hall–Kier alpha value is -1.60. The topological polar surface area (TPSA) is 78.5 Å². The van der Waals surface area contributed by atoms with E-state index in [0.29, 0.717) is 12.5 Å². The molecule has 2 amide bonds. The Labute approximate surface area is 150 Å². The Morgan fingerprint density at radius 3 is 2.56 bits per heavy atom. The van der Waals surface area contributed by atoms with Gasteiger partial charge >= 0.3 is 6.03 Å². The fourth-order valence-electron chi connectivity index (χ4n) is 3.99. The summed E-state index contributed by atoms with van der Waals surface area (Å²) in [5.41, 5.74) is 2.05. The van der Waals surface area contributed by atoms with Gasteiger partial charge in [-0.3, -0.25) is 0 Å². The molecule has 1 aliphatic carbocycles. The molecule has 2 fully saturated rings. The summed E-state index contributed by atoms with van der Waals surface area (Å²) < 4.78 is 25.7. The summed E-state index contributed by atoms with van der Waals surface area (Å²) in [4.78, 5) is 14.4. The Morgan fingerprint density at radius 2 is 1.96 bits per heavy atom. The number of sulfonamides is 1. The molecular formula is C18H27N3O3S. The predicted octanol–water partition coefficient (Wildman–Crippen LogP) is 2.57. The maximum atomic E-state index is 12.6. The van der Waals surface area contributed by atoms with Crippen LogP contribution in [0.1, 0.15) is 38.2 Å². The van der Waals surface area contributed by atoms with Crippen molar-refractivity contribution in [3.63, 3.8) is 0 Å². The second-order valence-electron chi connectivity index (χ2n) is 7.28. The predicted molar refractivity (Wildman–Crippen MR) is 99.1 cm³/mol. The lowest BCUT2D eigenvalue weighted by Crippen LogP contribution is -2.52. The van der Waals surface area contributed by atoms with Crippen molar-refractivity contribution in [1.82, 2.24) is 9.62 Å². The van der Waals surface area contributed by atoms with E-state index in [1.54, 1.807) is 4.90 Å². The average molecular weight is 365 g/mol. The number of urea groups is 1. The maximum Gasteiger partial charge on any atom is 0.322 e. The standard InChI is InChI=1S/C18H27N3O3S/c1-3-4-5-13-6-8-15(9-7-13)19-18(22)21-12-14-10-16(17(21)11-14)20-25(2,23)24/h6-9,14,16-17,20H,3-5,10-12H2,1-2H3,(H,19,22). The van der Waals surface area contributed by atoms with Crippen molar-refractivity contribution in [2.75, 3.05) is 18.1 Å². The van der Waals surface area contributed by atoms with Gasteiger partial charge in [-0.1, -0.05) is 25.5 Å². The van der Waals surface area contributed by atoms with Gasteiger partial charge in [0.2, 0.25) is 10.0 Å². The number of nitrogens with one attached hydrogen (secondary N) is 2. The molecular weight excluding hydrogens is 338 g/mol. The smallest absolute Gasteiger partial charge is 0.320 e. The molecule has 1 heterocycles. The maximum absolute atomic E-state index is 12.6. The van der Waals surface area contributed by atoms with Crippen molar-refractivity contribution in [3.8, 4) is 0 Å². The van der Waals surface area contributed by atoms with Crippen molar-refractivity contribution >= 4 is 21.7 Å². The number of fused-ring (bicyclic) bond motifs is 2. The first kappa shape index (κ1) is 18.2. The summed E-state index contributed by atoms with van der Waals surface area (Å²) in [6.07, 6.45) is 6.24. The summed E-state index contributed by atoms with van der Waals surface area (Å²) in [7, 11) is -3.26. The number of hydrogen-bond acceptors (Lipinski definition) is 3. The number of carbonyl (C=O) groups is 1. The second kappa shape index (κ2) is 7.33. The minimum atomic E-state index is -3.26. The van der Waals surface area contributed by atoms with Gasteiger partial charge in [0.05, 0.1) is 12.3 Å². The first-order valence-corrected chi connectivity index (χ1v) is 10.9. The van der Waals surface area contributed by atoms with Crippen molar-refractivity contribution in [1.29, 1.82) is 0 Å². The summed E-state index contributed by atoms with van der Waals surface area (Å²) in [6, 6.07) is 7.60. The van der Waals surface area contributed by atoms with Crippen LogP contribution in [0.4, 0.5) is 10.5 Å². The zero-order valence-electron chi connectivity index (χ0n) is 14.9. The van der Waals surface area contributed by atoms with E-state index < -0.39 is 10.0 Å². The van der Waals surface area contributed by atoms with Gasteiger partial charge in [0, 0.05) is 18.3 Å². The van der Waals surface area contributed by atoms with Gasteiger partial charge in [0.25, 0.3) is 0 Å². The molecule has 0 radical (unpaired) electrons. The monoisotopic (exact) mass is 365 g/mol. The molecule has 0 spiro atoms. The number of piperidine rings is 1. The van der Waals surface area contributed by atoms with E-state index in [1.807, 2.05) is 12.1 Å². The van der Waals surface area contributed by atoms with Crippen LogP contribution in [0.3, 0.4) is 0 Å². The summed E-state index contributed by atoms with van der Waals surface area (Å²) in [5.74, 6) is 0.381. The van der Waals surface area contributed by atoms with Crippen LogP contribution in [0, 0.1) is 5.92 Å². The number of carbonyl (C=O) groups excluding carboxylic acids is 1. The molecule has 138 valence electrons. The van der Waals surface area contributed by atoms with Crippen molar-refractivity contribution < 1.29 is 13.2 Å². The lowest BCUT2D eigenvalue weighted by molar-refractivity contribution is 0.183. The minimum absolute atomic E-state index is 0.0523. The Morgan fingerprint density at radius 1 is 1.24 bits per heavy atom. The number of likely N-dealkylation sites (tertiary alicyclic amines) is 1. The highest BCUT2D eigenvalue weighted by atomic mass is 32.2. The first-order chi connectivity index (χ1) is 11.9. The molecule has 6 nitrogen and oxygen atoms in total. The number of aryl methyl sites for hydroxylation is 1. The molecule has 7 heteroatoms. The van der Waals surface area contributed by atoms with Gasteiger partial charge in [-0.15, -0.1) is 0 Å². The van der Waals surface area contributed by atoms with Gasteiger partial charge in [-0.2, -0.15) is 0 Å². The van der Waals surface area contributed by atoms with Gasteiger partial charge < -0.3 is 10.2 Å². The molecule has 25 heavy (non-hydrogen) atoms.